The van der Waals surface area contributed by atoms with Crippen molar-refractivity contribution in [3.05, 3.63) is 188 Å². The first-order chi connectivity index (χ1) is 56.1. The minimum Gasteiger partial charge on any atom is -0.497 e. The van der Waals surface area contributed by atoms with Crippen molar-refractivity contribution in [1.29, 1.82) is 0 Å². The number of halogens is 3. The van der Waals surface area contributed by atoms with E-state index in [2.05, 4.69) is 103 Å². The number of urea groups is 3. The van der Waals surface area contributed by atoms with Crippen molar-refractivity contribution >= 4 is 191 Å². The van der Waals surface area contributed by atoms with Crippen LogP contribution in [0.25, 0.3) is 30.6 Å². The van der Waals surface area contributed by atoms with Gasteiger partial charge in [0.25, 0.3) is 17.7 Å². The van der Waals surface area contributed by atoms with Gasteiger partial charge in [-0.3, -0.25) is 29.1 Å². The third kappa shape index (κ3) is 16.8. The third-order valence-electron chi connectivity index (χ3n) is 19.7. The van der Waals surface area contributed by atoms with Gasteiger partial charge in [-0.1, -0.05) is 52.7 Å². The Morgan fingerprint density at radius 1 is 0.496 bits per heavy atom. The van der Waals surface area contributed by atoms with Crippen LogP contribution in [0.3, 0.4) is 0 Å². The smallest absolute Gasteiger partial charge is 0.332 e. The standard InChI is InChI=1S/C27H25FN6O3S.C26H25BrN8O3S.C26H23FN6O4S/c1-37-18-9-10-20(19(28)13-18)34-24-21-22(32-27(34)36)23(38-26(21)30-15-29-24)25(35)31-17-7-5-16(6-8-17)14-33-11-3-2-4-12-33;27-16-3-1-4-18(13-16)35-23-20-21(33-26(35)37)22(39-25(20)31-15-30-23)24(36)32-17-5-6-19(29-14-17)28-7-2-8-34-9-11-38-12-10-34;1-36-17-6-7-19(18(27)12-17)33-23-20-21(31-26(33)35)22(38-25(20)29-14-28-23)24(34)30-16-4-2-15(3-5-16)13-32-8-10-37-11-9-32/h5-10,13,15H,2-4,11-12,14H2,1H3,(H,31,35)(H,32,36);1,3-6,13-15H,2,7-12H2,(H,28,29)(H,32,36)(H,33,37);2-7,12,14H,8-11,13H2,1H3,(H,30,34)(H,31,35). The number of benzene rings is 5. The van der Waals surface area contributed by atoms with Crippen LogP contribution in [0.5, 0.6) is 11.5 Å². The monoisotopic (exact) mass is 1670 g/mol. The maximum atomic E-state index is 14.9. The number of pyridine rings is 1. The molecule has 7 N–H and O–H groups in total. The number of likely N-dealkylation sites (tertiary alicyclic amines) is 1. The quantitative estimate of drug-likeness (QED) is 0.0349. The summed E-state index contributed by atoms with van der Waals surface area (Å²) >= 11 is 6.92. The fraction of sp³-hybridized carbons (Fsp3) is 0.253. The number of thiophene rings is 3. The Morgan fingerprint density at radius 3 is 1.37 bits per heavy atom. The summed E-state index contributed by atoms with van der Waals surface area (Å²) < 4.78 is 51.5. The van der Waals surface area contributed by atoms with Gasteiger partial charge in [-0.15, -0.1) is 34.0 Å². The fourth-order valence-corrected chi connectivity index (χ4v) is 17.4. The van der Waals surface area contributed by atoms with Crippen LogP contribution in [0.4, 0.5) is 97.6 Å². The molecule has 0 atom stereocenters. The van der Waals surface area contributed by atoms with E-state index in [0.29, 0.717) is 97.5 Å². The Bertz CT molecular complexity index is 5460. The second kappa shape index (κ2) is 34.4. The van der Waals surface area contributed by atoms with Crippen molar-refractivity contribution < 1.29 is 56.5 Å². The van der Waals surface area contributed by atoms with Crippen LogP contribution in [0.15, 0.2) is 151 Å². The van der Waals surface area contributed by atoms with Gasteiger partial charge in [0, 0.05) is 73.8 Å². The lowest BCUT2D eigenvalue weighted by Gasteiger charge is -2.27. The van der Waals surface area contributed by atoms with Crippen LogP contribution in [0.2, 0.25) is 0 Å². The Balaban J connectivity index is 0.000000130. The number of nitrogens with zero attached hydrogens (tertiary/aromatic N) is 13. The third-order valence-corrected chi connectivity index (χ3v) is 23.5. The molecule has 6 aliphatic heterocycles. The van der Waals surface area contributed by atoms with Crippen molar-refractivity contribution in [2.75, 3.05) is 145 Å². The largest absolute Gasteiger partial charge is 0.497 e. The van der Waals surface area contributed by atoms with Crippen molar-refractivity contribution in [2.45, 2.75) is 38.8 Å². The normalized spacial score (nSPS) is 15.4. The number of amides is 9. The van der Waals surface area contributed by atoms with Crippen molar-refractivity contribution in [3.63, 3.8) is 0 Å². The average Bonchev–Trinajstić information content (AvgIpc) is 1.63. The van der Waals surface area contributed by atoms with Gasteiger partial charge in [0.15, 0.2) is 29.1 Å². The van der Waals surface area contributed by atoms with Crippen molar-refractivity contribution in [3.8, 4) is 11.5 Å². The van der Waals surface area contributed by atoms with E-state index < -0.39 is 29.7 Å². The summed E-state index contributed by atoms with van der Waals surface area (Å²) in [4.78, 5) is 123. The molecule has 6 aliphatic rings. The molecule has 30 nitrogen and oxygen atoms in total. The van der Waals surface area contributed by atoms with Crippen molar-refractivity contribution in [1.82, 2.24) is 49.6 Å². The summed E-state index contributed by atoms with van der Waals surface area (Å²) in [5.74, 6) is -0.205. The summed E-state index contributed by atoms with van der Waals surface area (Å²) in [6, 6.07) is 33.2. The summed E-state index contributed by atoms with van der Waals surface area (Å²) in [5.41, 5.74) is 5.84. The zero-order valence-electron chi connectivity index (χ0n) is 61.8. The molecular weight excluding hydrogens is 1600 g/mol. The number of hydrogen-bond acceptors (Lipinski definition) is 24. The molecule has 0 radical (unpaired) electrons. The Kier molecular flexibility index (Phi) is 23.1. The van der Waals surface area contributed by atoms with E-state index in [9.17, 15) is 37.5 Å². The highest BCUT2D eigenvalue weighted by molar-refractivity contribution is 9.10. The molecule has 12 aromatic rings. The van der Waals surface area contributed by atoms with Crippen LogP contribution in [-0.4, -0.2) is 178 Å². The molecule has 3 saturated heterocycles. The lowest BCUT2D eigenvalue weighted by Crippen LogP contribution is -2.37. The molecule has 588 valence electrons. The number of morpholine rings is 2. The predicted octanol–water partition coefficient (Wildman–Crippen LogP) is 15.3. The van der Waals surface area contributed by atoms with E-state index in [0.717, 1.165) is 147 Å². The number of methoxy groups -OCH3 is 2. The Hall–Kier alpha value is -11.9. The lowest BCUT2D eigenvalue weighted by molar-refractivity contribution is 0.0342. The van der Waals surface area contributed by atoms with Gasteiger partial charge in [-0.05, 0) is 129 Å². The summed E-state index contributed by atoms with van der Waals surface area (Å²) in [6.45, 7) is 12.6. The van der Waals surface area contributed by atoms with E-state index in [1.165, 1.54) is 98.5 Å². The molecule has 0 saturated carbocycles. The van der Waals surface area contributed by atoms with Gasteiger partial charge >= 0.3 is 18.1 Å². The molecule has 9 amide bonds. The molecule has 0 spiro atoms. The fourth-order valence-electron chi connectivity index (χ4n) is 14.0. The van der Waals surface area contributed by atoms with Crippen molar-refractivity contribution in [2.24, 2.45) is 0 Å². The van der Waals surface area contributed by atoms with E-state index in [-0.39, 0.29) is 45.6 Å². The molecule has 13 heterocycles. The first-order valence-corrected chi connectivity index (χ1v) is 40.1. The van der Waals surface area contributed by atoms with E-state index in [4.69, 9.17) is 18.9 Å². The van der Waals surface area contributed by atoms with Gasteiger partial charge in [0.2, 0.25) is 0 Å². The molecule has 0 bridgehead atoms. The number of aromatic nitrogens is 7. The topological polar surface area (TPSA) is 333 Å². The van der Waals surface area contributed by atoms with Crippen LogP contribution in [0, 0.1) is 11.6 Å². The first kappa shape index (κ1) is 77.1. The van der Waals surface area contributed by atoms with E-state index in [1.807, 2.05) is 78.9 Å². The second-order valence-electron chi connectivity index (χ2n) is 27.1. The molecule has 36 heteroatoms. The molecule has 3 fully saturated rings. The minimum atomic E-state index is -0.653. The van der Waals surface area contributed by atoms with Crippen LogP contribution >= 0.6 is 49.9 Å². The molecule has 7 aromatic heterocycles. The number of carbonyl (C=O) groups excluding carboxylic acids is 6. The van der Waals surface area contributed by atoms with Gasteiger partial charge in [0.1, 0.15) is 65.4 Å². The maximum absolute atomic E-state index is 14.9. The van der Waals surface area contributed by atoms with Gasteiger partial charge in [-0.25, -0.2) is 72.8 Å². The average molecular weight is 1680 g/mol. The number of hydrogen-bond donors (Lipinski definition) is 7. The van der Waals surface area contributed by atoms with Gasteiger partial charge < -0.3 is 56.2 Å². The highest BCUT2D eigenvalue weighted by Crippen LogP contribution is 2.49. The minimum absolute atomic E-state index is 0.00307. The number of rotatable bonds is 20. The second-order valence-corrected chi connectivity index (χ2v) is 31.0. The number of piperidine rings is 1. The van der Waals surface area contributed by atoms with Gasteiger partial charge in [0.05, 0.1) is 103 Å². The zero-order valence-corrected chi connectivity index (χ0v) is 65.9. The highest BCUT2D eigenvalue weighted by atomic mass is 79.9. The number of ether oxygens (including phenoxy) is 4. The molecule has 5 aromatic carbocycles. The molecule has 0 aliphatic carbocycles. The maximum Gasteiger partial charge on any atom is 0.332 e. The lowest BCUT2D eigenvalue weighted by atomic mass is 10.1. The molecular formula is C79H73BrF2N20O10S3. The molecule has 0 unspecified atom stereocenters. The Labute approximate surface area is 676 Å². The van der Waals surface area contributed by atoms with Crippen LogP contribution in [0.1, 0.15) is 65.8 Å². The number of anilines is 13. The van der Waals surface area contributed by atoms with Gasteiger partial charge in [-0.2, -0.15) is 0 Å². The van der Waals surface area contributed by atoms with Crippen LogP contribution < -0.4 is 61.4 Å². The Morgan fingerprint density at radius 2 is 0.930 bits per heavy atom. The van der Waals surface area contributed by atoms with Crippen LogP contribution in [-0.2, 0) is 22.6 Å². The summed E-state index contributed by atoms with van der Waals surface area (Å²) in [7, 11) is 2.87. The summed E-state index contributed by atoms with van der Waals surface area (Å²) in [5, 5.41) is 22.0. The molecule has 18 rings (SSSR count). The van der Waals surface area contributed by atoms with E-state index >= 15 is 0 Å². The summed E-state index contributed by atoms with van der Waals surface area (Å²) in [6.07, 6.45) is 10.4. The highest BCUT2D eigenvalue weighted by Gasteiger charge is 2.39. The zero-order chi connectivity index (χ0) is 79.2. The molecule has 115 heavy (non-hydrogen) atoms. The first-order valence-electron chi connectivity index (χ1n) is 36.8. The number of nitrogens with one attached hydrogen (secondary N) is 7. The van der Waals surface area contributed by atoms with E-state index in [1.54, 1.807) is 24.4 Å². The number of carbonyl (C=O) groups is 6. The predicted molar refractivity (Wildman–Crippen MR) is 442 cm³/mol. The SMILES string of the molecule is COc1ccc(N2C(=O)Nc3c(C(=O)Nc4ccc(CN5CCCCC5)cc4)sc4ncnc2c34)c(F)c1.COc1ccc(N2C(=O)Nc3c(C(=O)Nc4ccc(CN5CCOCC5)cc4)sc4ncnc2c34)c(F)c1.O=C(Nc1ccc(NCCCN2CCOCC2)nc1)c1sc2ncnc3c2c1NC(=O)N3c1cccc(Br)c1.